The van der Waals surface area contributed by atoms with Crippen molar-refractivity contribution in [2.45, 2.75) is 26.7 Å². The first-order valence-electron chi connectivity index (χ1n) is 8.73. The Labute approximate surface area is 166 Å². The topological polar surface area (TPSA) is 75.5 Å². The van der Waals surface area contributed by atoms with Crippen LogP contribution in [0.2, 0.25) is 0 Å². The van der Waals surface area contributed by atoms with Crippen molar-refractivity contribution >= 4 is 39.1 Å². The molecule has 0 aliphatic heterocycles. The van der Waals surface area contributed by atoms with Gasteiger partial charge in [0.2, 0.25) is 5.91 Å². The predicted molar refractivity (Wildman–Crippen MR) is 109 cm³/mol. The minimum atomic E-state index is -0.182. The molecule has 2 heterocycles. The van der Waals surface area contributed by atoms with Gasteiger partial charge in [-0.3, -0.25) is 14.0 Å². The third kappa shape index (κ3) is 4.54. The number of carbonyl (C=O) groups excluding carboxylic acids is 2. The lowest BCUT2D eigenvalue weighted by Gasteiger charge is -2.08. The highest BCUT2D eigenvalue weighted by Gasteiger charge is 2.17. The molecule has 3 rings (SSSR count). The Morgan fingerprint density at radius 2 is 2.00 bits per heavy atom. The van der Waals surface area contributed by atoms with Crippen LogP contribution in [0.1, 0.15) is 34.6 Å². The minimum absolute atomic E-state index is 0.0797. The molecule has 2 aromatic heterocycles. The van der Waals surface area contributed by atoms with E-state index in [4.69, 9.17) is 0 Å². The van der Waals surface area contributed by atoms with Crippen LogP contribution >= 0.6 is 15.9 Å². The number of hydrogen-bond acceptors (Lipinski definition) is 3. The number of imidazole rings is 1. The van der Waals surface area contributed by atoms with Gasteiger partial charge in [-0.05, 0) is 50.1 Å². The molecule has 0 saturated carbocycles. The second-order valence-corrected chi connectivity index (χ2v) is 7.26. The molecule has 27 heavy (non-hydrogen) atoms. The lowest BCUT2D eigenvalue weighted by atomic mass is 10.2. The van der Waals surface area contributed by atoms with Gasteiger partial charge in [0, 0.05) is 29.3 Å². The van der Waals surface area contributed by atoms with Crippen molar-refractivity contribution in [3.63, 3.8) is 0 Å². The number of amides is 2. The van der Waals surface area contributed by atoms with E-state index in [-0.39, 0.29) is 11.8 Å². The molecule has 2 amide bonds. The largest absolute Gasteiger partial charge is 0.351 e. The summed E-state index contributed by atoms with van der Waals surface area (Å²) < 4.78 is 2.71. The smallest absolute Gasteiger partial charge is 0.270 e. The average Bonchev–Trinajstić information content (AvgIpc) is 2.96. The summed E-state index contributed by atoms with van der Waals surface area (Å²) in [5.74, 6) is -0.262. The van der Waals surface area contributed by atoms with Gasteiger partial charge in [-0.25, -0.2) is 4.98 Å². The van der Waals surface area contributed by atoms with Crippen LogP contribution in [-0.2, 0) is 4.79 Å². The molecule has 0 atom stereocenters. The highest BCUT2D eigenvalue weighted by Crippen LogP contribution is 2.16. The maximum Gasteiger partial charge on any atom is 0.270 e. The van der Waals surface area contributed by atoms with Gasteiger partial charge >= 0.3 is 0 Å². The number of hydrogen-bond donors (Lipinski definition) is 2. The van der Waals surface area contributed by atoms with Crippen molar-refractivity contribution in [3.8, 4) is 0 Å². The number of nitrogens with zero attached hydrogens (tertiary/aromatic N) is 2. The van der Waals surface area contributed by atoms with Crippen LogP contribution in [0.5, 0.6) is 0 Å². The van der Waals surface area contributed by atoms with Crippen LogP contribution < -0.4 is 10.6 Å². The van der Waals surface area contributed by atoms with Gasteiger partial charge in [0.05, 0.1) is 5.69 Å². The van der Waals surface area contributed by atoms with Crippen molar-refractivity contribution in [1.82, 2.24) is 14.7 Å². The molecule has 0 fully saturated rings. The maximum atomic E-state index is 12.5. The quantitative estimate of drug-likeness (QED) is 0.585. The van der Waals surface area contributed by atoms with Gasteiger partial charge in [0.15, 0.2) is 0 Å². The molecule has 7 heteroatoms. The summed E-state index contributed by atoms with van der Waals surface area (Å²) in [7, 11) is 0. The number of carbonyl (C=O) groups is 2. The fourth-order valence-electron chi connectivity index (χ4n) is 2.92. The van der Waals surface area contributed by atoms with Gasteiger partial charge in [-0.15, -0.1) is 0 Å². The van der Waals surface area contributed by atoms with E-state index in [1.807, 2.05) is 56.4 Å². The first-order valence-corrected chi connectivity index (χ1v) is 9.53. The van der Waals surface area contributed by atoms with E-state index in [1.165, 1.54) is 0 Å². The molecule has 2 N–H and O–H groups in total. The zero-order chi connectivity index (χ0) is 19.4. The van der Waals surface area contributed by atoms with Crippen molar-refractivity contribution < 1.29 is 9.59 Å². The summed E-state index contributed by atoms with van der Waals surface area (Å²) in [5.41, 5.74) is 3.77. The van der Waals surface area contributed by atoms with Gasteiger partial charge in [0.25, 0.3) is 5.91 Å². The molecule has 0 unspecified atom stereocenters. The summed E-state index contributed by atoms with van der Waals surface area (Å²) >= 11 is 3.37. The monoisotopic (exact) mass is 428 g/mol. The molecular formula is C20H21BrN4O2. The molecule has 0 spiro atoms. The van der Waals surface area contributed by atoms with E-state index in [2.05, 4.69) is 31.5 Å². The Bertz CT molecular complexity index is 997. The standard InChI is InChI=1S/C20H21BrN4O2/c1-13-6-5-11-25-18(14(2)23-19(13)25)20(27)22-10-4-9-17(26)24-16-8-3-7-15(21)12-16/h3,5-8,11-12H,4,9-10H2,1-2H3,(H,22,27)(H,24,26). The molecular weight excluding hydrogens is 408 g/mol. The molecule has 0 saturated heterocycles. The molecule has 0 aliphatic carbocycles. The number of halogens is 1. The minimum Gasteiger partial charge on any atom is -0.351 e. The number of nitrogens with one attached hydrogen (secondary N) is 2. The van der Waals surface area contributed by atoms with E-state index < -0.39 is 0 Å². The molecule has 0 aliphatic rings. The Kier molecular flexibility index (Phi) is 5.91. The lowest BCUT2D eigenvalue weighted by molar-refractivity contribution is -0.116. The fourth-order valence-corrected chi connectivity index (χ4v) is 3.31. The summed E-state index contributed by atoms with van der Waals surface area (Å²) in [6, 6.07) is 11.3. The predicted octanol–water partition coefficient (Wildman–Crippen LogP) is 3.86. The molecule has 3 aromatic rings. The SMILES string of the molecule is Cc1nc2c(C)cccn2c1C(=O)NCCCC(=O)Nc1cccc(Br)c1. The number of aryl methyl sites for hydroxylation is 2. The van der Waals surface area contributed by atoms with E-state index in [0.717, 1.165) is 21.4 Å². The number of rotatable bonds is 6. The number of aromatic nitrogens is 2. The Balaban J connectivity index is 1.52. The third-order valence-electron chi connectivity index (χ3n) is 4.21. The zero-order valence-electron chi connectivity index (χ0n) is 15.3. The Hall–Kier alpha value is -2.67. The number of fused-ring (bicyclic) bond motifs is 1. The van der Waals surface area contributed by atoms with E-state index >= 15 is 0 Å². The third-order valence-corrected chi connectivity index (χ3v) is 4.70. The average molecular weight is 429 g/mol. The number of pyridine rings is 1. The van der Waals surface area contributed by atoms with Crippen molar-refractivity contribution in [3.05, 3.63) is 64.0 Å². The van der Waals surface area contributed by atoms with E-state index in [1.54, 1.807) is 4.40 Å². The second kappa shape index (κ2) is 8.35. The summed E-state index contributed by atoms with van der Waals surface area (Å²) in [5, 5.41) is 5.72. The highest BCUT2D eigenvalue weighted by molar-refractivity contribution is 9.10. The summed E-state index contributed by atoms with van der Waals surface area (Å²) in [6.45, 7) is 4.21. The second-order valence-electron chi connectivity index (χ2n) is 6.35. The maximum absolute atomic E-state index is 12.5. The van der Waals surface area contributed by atoms with E-state index in [9.17, 15) is 9.59 Å². The van der Waals surface area contributed by atoms with Crippen LogP contribution in [0.15, 0.2) is 47.1 Å². The molecule has 140 valence electrons. The van der Waals surface area contributed by atoms with Gasteiger partial charge in [-0.2, -0.15) is 0 Å². The first-order chi connectivity index (χ1) is 13.0. The first kappa shape index (κ1) is 19.1. The van der Waals surface area contributed by atoms with Crippen LogP contribution in [0.25, 0.3) is 5.65 Å². The molecule has 6 nitrogen and oxygen atoms in total. The van der Waals surface area contributed by atoms with Crippen LogP contribution in [0.4, 0.5) is 5.69 Å². The molecule has 0 bridgehead atoms. The molecule has 1 aromatic carbocycles. The summed E-state index contributed by atoms with van der Waals surface area (Å²) in [4.78, 5) is 29.0. The molecule has 0 radical (unpaired) electrons. The Morgan fingerprint density at radius 1 is 1.19 bits per heavy atom. The number of benzene rings is 1. The highest BCUT2D eigenvalue weighted by atomic mass is 79.9. The van der Waals surface area contributed by atoms with Crippen molar-refractivity contribution in [1.29, 1.82) is 0 Å². The normalized spacial score (nSPS) is 10.8. The summed E-state index contributed by atoms with van der Waals surface area (Å²) in [6.07, 6.45) is 2.72. The van der Waals surface area contributed by atoms with Crippen molar-refractivity contribution in [2.24, 2.45) is 0 Å². The lowest BCUT2D eigenvalue weighted by Crippen LogP contribution is -2.27. The van der Waals surface area contributed by atoms with Crippen LogP contribution in [0, 0.1) is 13.8 Å². The van der Waals surface area contributed by atoms with Gasteiger partial charge < -0.3 is 10.6 Å². The van der Waals surface area contributed by atoms with Gasteiger partial charge in [-0.1, -0.05) is 28.1 Å². The Morgan fingerprint density at radius 3 is 2.78 bits per heavy atom. The van der Waals surface area contributed by atoms with Crippen molar-refractivity contribution in [2.75, 3.05) is 11.9 Å². The van der Waals surface area contributed by atoms with E-state index in [0.29, 0.717) is 30.8 Å². The zero-order valence-corrected chi connectivity index (χ0v) is 16.8. The fraction of sp³-hybridized carbons (Fsp3) is 0.250. The number of anilines is 1. The van der Waals surface area contributed by atoms with Crippen LogP contribution in [-0.4, -0.2) is 27.7 Å². The van der Waals surface area contributed by atoms with Gasteiger partial charge in [0.1, 0.15) is 11.3 Å². The van der Waals surface area contributed by atoms with Crippen LogP contribution in [0.3, 0.4) is 0 Å².